The monoisotopic (exact) mass is 368 g/mol. The van der Waals surface area contributed by atoms with E-state index in [-0.39, 0.29) is 18.4 Å². The van der Waals surface area contributed by atoms with Gasteiger partial charge >= 0.3 is 0 Å². The number of carbonyl (C=O) groups excluding carboxylic acids is 2. The molecule has 0 aliphatic heterocycles. The summed E-state index contributed by atoms with van der Waals surface area (Å²) in [7, 11) is 0. The van der Waals surface area contributed by atoms with Crippen molar-refractivity contribution in [3.05, 3.63) is 59.2 Å². The predicted molar refractivity (Wildman–Crippen MR) is 108 cm³/mol. The van der Waals surface area contributed by atoms with Crippen molar-refractivity contribution in [3.8, 4) is 5.75 Å². The van der Waals surface area contributed by atoms with Crippen molar-refractivity contribution in [2.24, 2.45) is 5.92 Å². The maximum atomic E-state index is 12.2. The van der Waals surface area contributed by atoms with Gasteiger partial charge in [-0.1, -0.05) is 39.0 Å². The Kier molecular flexibility index (Phi) is 7.41. The van der Waals surface area contributed by atoms with E-state index in [1.807, 2.05) is 52.0 Å². The van der Waals surface area contributed by atoms with Crippen molar-refractivity contribution in [2.45, 2.75) is 34.1 Å². The number of hydrogen-bond acceptors (Lipinski definition) is 3. The number of para-hydroxylation sites is 1. The van der Waals surface area contributed by atoms with Crippen LogP contribution in [0.4, 0.5) is 5.69 Å². The molecular weight excluding hydrogens is 340 g/mol. The minimum Gasteiger partial charge on any atom is -0.483 e. The highest BCUT2D eigenvalue weighted by Crippen LogP contribution is 2.19. The molecule has 0 saturated heterocycles. The number of carbonyl (C=O) groups is 2. The lowest BCUT2D eigenvalue weighted by atomic mass is 10.1. The van der Waals surface area contributed by atoms with E-state index in [1.54, 1.807) is 18.2 Å². The van der Waals surface area contributed by atoms with Gasteiger partial charge < -0.3 is 15.4 Å². The number of ether oxygens (including phenoxy) is 1. The first-order chi connectivity index (χ1) is 12.9. The van der Waals surface area contributed by atoms with Gasteiger partial charge in [0.15, 0.2) is 6.61 Å². The minimum atomic E-state index is -0.235. The van der Waals surface area contributed by atoms with Gasteiger partial charge in [-0.3, -0.25) is 9.59 Å². The quantitative estimate of drug-likeness (QED) is 0.741. The van der Waals surface area contributed by atoms with Crippen LogP contribution >= 0.6 is 0 Å². The summed E-state index contributed by atoms with van der Waals surface area (Å²) in [4.78, 5) is 24.4. The first-order valence-corrected chi connectivity index (χ1v) is 9.30. The van der Waals surface area contributed by atoms with Gasteiger partial charge in [0.2, 0.25) is 0 Å². The van der Waals surface area contributed by atoms with Crippen molar-refractivity contribution in [3.63, 3.8) is 0 Å². The summed E-state index contributed by atoms with van der Waals surface area (Å²) in [5.41, 5.74) is 3.15. The van der Waals surface area contributed by atoms with E-state index in [4.69, 9.17) is 4.74 Å². The lowest BCUT2D eigenvalue weighted by Crippen LogP contribution is -2.27. The standard InChI is InChI=1S/C22H28N2O3/c1-5-17-8-6-7-9-20(17)27-14-21(25)24-19-11-10-18(12-16(19)4)22(26)23-13-15(2)3/h6-12,15H,5,13-14H2,1-4H3,(H,23,26)(H,24,25). The fraction of sp³-hybridized carbons (Fsp3) is 0.364. The van der Waals surface area contributed by atoms with Crippen LogP contribution in [0, 0.1) is 12.8 Å². The van der Waals surface area contributed by atoms with E-state index in [1.165, 1.54) is 0 Å². The Morgan fingerprint density at radius 3 is 2.52 bits per heavy atom. The molecule has 5 heteroatoms. The average Bonchev–Trinajstić information content (AvgIpc) is 2.66. The van der Waals surface area contributed by atoms with E-state index in [0.717, 1.165) is 23.3 Å². The molecule has 0 atom stereocenters. The highest BCUT2D eigenvalue weighted by Gasteiger charge is 2.11. The number of rotatable bonds is 8. The third-order valence-electron chi connectivity index (χ3n) is 4.15. The third-order valence-corrected chi connectivity index (χ3v) is 4.15. The average molecular weight is 368 g/mol. The van der Waals surface area contributed by atoms with Gasteiger partial charge in [0.25, 0.3) is 11.8 Å². The molecule has 0 aliphatic carbocycles. The zero-order valence-corrected chi connectivity index (χ0v) is 16.5. The molecule has 0 aliphatic rings. The van der Waals surface area contributed by atoms with Crippen LogP contribution in [0.25, 0.3) is 0 Å². The summed E-state index contributed by atoms with van der Waals surface area (Å²) in [6, 6.07) is 12.9. The number of anilines is 1. The van der Waals surface area contributed by atoms with Crippen LogP contribution < -0.4 is 15.4 Å². The van der Waals surface area contributed by atoms with Gasteiger partial charge in [-0.2, -0.15) is 0 Å². The molecule has 0 spiro atoms. The van der Waals surface area contributed by atoms with Gasteiger partial charge in [-0.05, 0) is 54.7 Å². The minimum absolute atomic E-state index is 0.0624. The number of aryl methyl sites for hydroxylation is 2. The Hall–Kier alpha value is -2.82. The van der Waals surface area contributed by atoms with Crippen LogP contribution in [0.1, 0.15) is 42.3 Å². The Morgan fingerprint density at radius 1 is 1.11 bits per heavy atom. The largest absolute Gasteiger partial charge is 0.483 e. The Balaban J connectivity index is 1.94. The fourth-order valence-electron chi connectivity index (χ4n) is 2.61. The normalized spacial score (nSPS) is 10.6. The van der Waals surface area contributed by atoms with Crippen molar-refractivity contribution >= 4 is 17.5 Å². The van der Waals surface area contributed by atoms with E-state index in [2.05, 4.69) is 10.6 Å². The lowest BCUT2D eigenvalue weighted by molar-refractivity contribution is -0.118. The maximum Gasteiger partial charge on any atom is 0.262 e. The van der Waals surface area contributed by atoms with Crippen LogP contribution in [-0.4, -0.2) is 25.0 Å². The topological polar surface area (TPSA) is 67.4 Å². The third kappa shape index (κ3) is 6.13. The molecule has 0 bridgehead atoms. The van der Waals surface area contributed by atoms with Crippen LogP contribution in [0.3, 0.4) is 0 Å². The van der Waals surface area contributed by atoms with Crippen molar-refractivity contribution in [1.29, 1.82) is 0 Å². The molecule has 0 fully saturated rings. The highest BCUT2D eigenvalue weighted by molar-refractivity contribution is 5.96. The molecule has 0 radical (unpaired) electrons. The Bertz CT molecular complexity index is 800. The van der Waals surface area contributed by atoms with Gasteiger partial charge in [0.05, 0.1) is 0 Å². The molecule has 0 aromatic heterocycles. The van der Waals surface area contributed by atoms with E-state index in [9.17, 15) is 9.59 Å². The second kappa shape index (κ2) is 9.76. The van der Waals surface area contributed by atoms with Gasteiger partial charge in [0, 0.05) is 17.8 Å². The molecule has 2 rings (SSSR count). The first-order valence-electron chi connectivity index (χ1n) is 9.30. The first kappa shape index (κ1) is 20.5. The van der Waals surface area contributed by atoms with Gasteiger partial charge in [-0.15, -0.1) is 0 Å². The van der Waals surface area contributed by atoms with E-state index < -0.39 is 0 Å². The van der Waals surface area contributed by atoms with Crippen molar-refractivity contribution < 1.29 is 14.3 Å². The zero-order valence-electron chi connectivity index (χ0n) is 16.5. The molecule has 5 nitrogen and oxygen atoms in total. The van der Waals surface area contributed by atoms with Crippen LogP contribution in [0.15, 0.2) is 42.5 Å². The van der Waals surface area contributed by atoms with E-state index in [0.29, 0.717) is 23.7 Å². The predicted octanol–water partition coefficient (Wildman–Crippen LogP) is 3.96. The summed E-state index contributed by atoms with van der Waals surface area (Å²) in [6.07, 6.45) is 0.844. The number of amides is 2. The molecule has 0 unspecified atom stereocenters. The maximum absolute atomic E-state index is 12.2. The lowest BCUT2D eigenvalue weighted by Gasteiger charge is -2.13. The Morgan fingerprint density at radius 2 is 1.85 bits per heavy atom. The second-order valence-electron chi connectivity index (χ2n) is 6.93. The van der Waals surface area contributed by atoms with Crippen molar-refractivity contribution in [1.82, 2.24) is 5.32 Å². The number of hydrogen-bond donors (Lipinski definition) is 2. The summed E-state index contributed by atoms with van der Waals surface area (Å²) in [6.45, 7) is 8.57. The molecule has 27 heavy (non-hydrogen) atoms. The van der Waals surface area contributed by atoms with Gasteiger partial charge in [-0.25, -0.2) is 0 Å². The molecule has 0 heterocycles. The zero-order chi connectivity index (χ0) is 19.8. The fourth-order valence-corrected chi connectivity index (χ4v) is 2.61. The number of nitrogens with one attached hydrogen (secondary N) is 2. The molecule has 2 amide bonds. The Labute approximate surface area is 161 Å². The molecule has 2 aromatic carbocycles. The van der Waals surface area contributed by atoms with Crippen LogP contribution in [0.5, 0.6) is 5.75 Å². The van der Waals surface area contributed by atoms with Gasteiger partial charge in [0.1, 0.15) is 5.75 Å². The molecule has 2 N–H and O–H groups in total. The number of benzene rings is 2. The highest BCUT2D eigenvalue weighted by atomic mass is 16.5. The summed E-state index contributed by atoms with van der Waals surface area (Å²) in [5.74, 6) is 0.778. The van der Waals surface area contributed by atoms with E-state index >= 15 is 0 Å². The summed E-state index contributed by atoms with van der Waals surface area (Å²) >= 11 is 0. The van der Waals surface area contributed by atoms with Crippen molar-refractivity contribution in [2.75, 3.05) is 18.5 Å². The SMILES string of the molecule is CCc1ccccc1OCC(=O)Nc1ccc(C(=O)NCC(C)C)cc1C. The molecule has 2 aromatic rings. The summed E-state index contributed by atoms with van der Waals surface area (Å²) < 4.78 is 5.64. The van der Waals surface area contributed by atoms with Crippen LogP contribution in [-0.2, 0) is 11.2 Å². The second-order valence-corrected chi connectivity index (χ2v) is 6.93. The van der Waals surface area contributed by atoms with Crippen LogP contribution in [0.2, 0.25) is 0 Å². The smallest absolute Gasteiger partial charge is 0.262 e. The molecule has 0 saturated carbocycles. The summed E-state index contributed by atoms with van der Waals surface area (Å²) in [5, 5.41) is 5.73. The molecule has 144 valence electrons. The molecular formula is C22H28N2O3.